The van der Waals surface area contributed by atoms with Crippen molar-refractivity contribution in [1.29, 1.82) is 0 Å². The minimum atomic E-state index is -2.17. The summed E-state index contributed by atoms with van der Waals surface area (Å²) in [5.41, 5.74) is 0. The third-order valence-corrected chi connectivity index (χ3v) is 1.02. The molecule has 0 unspecified atom stereocenters. The Morgan fingerprint density at radius 2 is 1.33 bits per heavy atom. The van der Waals surface area contributed by atoms with Gasteiger partial charge in [-0.1, -0.05) is 6.58 Å². The molecule has 0 saturated carbocycles. The van der Waals surface area contributed by atoms with E-state index in [9.17, 15) is 13.2 Å². The maximum Gasteiger partial charge on any atom is 0.311 e. The second-order valence-corrected chi connectivity index (χ2v) is 1.57. The molecule has 0 radical (unpaired) electrons. The summed E-state index contributed by atoms with van der Waals surface area (Å²) in [4.78, 5) is 0. The maximum atomic E-state index is 11.6. The van der Waals surface area contributed by atoms with Crippen LogP contribution >= 0.6 is 0 Å². The van der Waals surface area contributed by atoms with E-state index in [0.29, 0.717) is 0 Å². The predicted molar refractivity (Wildman–Crippen MR) is 34.1 cm³/mol. The van der Waals surface area contributed by atoms with Crippen LogP contribution in [0.25, 0.3) is 0 Å². The Kier molecular flexibility index (Phi) is 5.69. The first kappa shape index (κ1) is 11.4. The smallest absolute Gasteiger partial charge is 0.292 e. The molecule has 0 N–H and O–H groups in total. The van der Waals surface area contributed by atoms with Gasteiger partial charge in [0, 0.05) is 0 Å². The number of hydrogen-bond acceptors (Lipinski definition) is 3. The summed E-state index contributed by atoms with van der Waals surface area (Å²) in [6.07, 6.45) is 0.811. The molecular formula is C6H9F3O3. The topological polar surface area (TPSA) is 27.7 Å². The molecule has 6 heteroatoms. The van der Waals surface area contributed by atoms with Crippen LogP contribution in [0, 0.1) is 0 Å². The van der Waals surface area contributed by atoms with E-state index in [1.807, 2.05) is 0 Å². The molecule has 0 aliphatic carbocycles. The van der Waals surface area contributed by atoms with Gasteiger partial charge in [0.25, 0.3) is 0 Å². The Morgan fingerprint density at radius 1 is 1.00 bits per heavy atom. The molecule has 0 aliphatic heterocycles. The number of alkyl halides is 3. The van der Waals surface area contributed by atoms with E-state index in [1.165, 1.54) is 0 Å². The van der Waals surface area contributed by atoms with Crippen molar-refractivity contribution in [2.75, 3.05) is 20.6 Å². The van der Waals surface area contributed by atoms with Crippen molar-refractivity contribution < 1.29 is 27.4 Å². The van der Waals surface area contributed by atoms with Crippen LogP contribution in [0.1, 0.15) is 0 Å². The molecule has 72 valence electrons. The average molecular weight is 186 g/mol. The third-order valence-electron chi connectivity index (χ3n) is 1.02. The van der Waals surface area contributed by atoms with Crippen molar-refractivity contribution in [3.63, 3.8) is 0 Å². The van der Waals surface area contributed by atoms with Gasteiger partial charge in [-0.25, -0.2) is 13.2 Å². The summed E-state index contributed by atoms with van der Waals surface area (Å²) >= 11 is 0. The van der Waals surface area contributed by atoms with Crippen molar-refractivity contribution in [2.24, 2.45) is 0 Å². The highest BCUT2D eigenvalue weighted by Gasteiger charge is 2.30. The monoisotopic (exact) mass is 186 g/mol. The summed E-state index contributed by atoms with van der Waals surface area (Å²) in [7, 11) is 0. The zero-order valence-corrected chi connectivity index (χ0v) is 6.26. The van der Waals surface area contributed by atoms with Crippen molar-refractivity contribution >= 4 is 0 Å². The molecule has 0 bridgehead atoms. The first-order valence-corrected chi connectivity index (χ1v) is 2.98. The minimum absolute atomic E-state index is 0.811. The summed E-state index contributed by atoms with van der Waals surface area (Å²) < 4.78 is 47.4. The molecule has 0 fully saturated rings. The van der Waals surface area contributed by atoms with Crippen molar-refractivity contribution in [3.8, 4) is 0 Å². The molecule has 0 rings (SSSR count). The first-order valence-electron chi connectivity index (χ1n) is 2.98. The fourth-order valence-corrected chi connectivity index (χ4v) is 0.530. The van der Waals surface area contributed by atoms with Gasteiger partial charge in [0.05, 0.1) is 0 Å². The number of ether oxygens (including phenoxy) is 3. The van der Waals surface area contributed by atoms with Crippen LogP contribution in [-0.4, -0.2) is 26.6 Å². The Hall–Kier alpha value is -0.590. The summed E-state index contributed by atoms with van der Waals surface area (Å²) in [6.45, 7) is -0.785. The largest absolute Gasteiger partial charge is 0.311 e. The molecule has 0 aromatic carbocycles. The van der Waals surface area contributed by atoms with E-state index >= 15 is 0 Å². The highest BCUT2D eigenvalue weighted by molar-refractivity contribution is 4.80. The van der Waals surface area contributed by atoms with Crippen molar-refractivity contribution in [1.82, 2.24) is 0 Å². The highest BCUT2D eigenvalue weighted by Crippen LogP contribution is 2.17. The van der Waals surface area contributed by atoms with Gasteiger partial charge in [-0.15, -0.1) is 0 Å². The van der Waals surface area contributed by atoms with Gasteiger partial charge in [0.15, 0.2) is 20.6 Å². The van der Waals surface area contributed by atoms with Gasteiger partial charge in [-0.2, -0.15) is 0 Å². The number of halogens is 3. The molecule has 0 heterocycles. The normalized spacial score (nSPS) is 11.6. The molecule has 0 atom stereocenters. The van der Waals surface area contributed by atoms with Gasteiger partial charge in [0.2, 0.25) is 0 Å². The van der Waals surface area contributed by atoms with Crippen LogP contribution in [0.4, 0.5) is 13.2 Å². The Balaban J connectivity index is 4.16. The quantitative estimate of drug-likeness (QED) is 0.447. The molecular weight excluding hydrogens is 177 g/mol. The maximum absolute atomic E-state index is 11.6. The van der Waals surface area contributed by atoms with Gasteiger partial charge in [-0.3, -0.25) is 14.2 Å². The van der Waals surface area contributed by atoms with Crippen LogP contribution in [0.2, 0.25) is 0 Å². The lowest BCUT2D eigenvalue weighted by Crippen LogP contribution is -2.36. The molecule has 0 spiro atoms. The van der Waals surface area contributed by atoms with Crippen LogP contribution in [0.3, 0.4) is 0 Å². The summed E-state index contributed by atoms with van der Waals surface area (Å²) in [5, 5.41) is 0. The molecule has 3 nitrogen and oxygen atoms in total. The average Bonchev–Trinajstić information content (AvgIpc) is 2.06. The lowest BCUT2D eigenvalue weighted by atomic mass is 10.5. The SMILES string of the molecule is C=CC(OCF)(OCF)OCF. The lowest BCUT2D eigenvalue weighted by molar-refractivity contribution is -0.376. The first-order chi connectivity index (χ1) is 5.74. The summed E-state index contributed by atoms with van der Waals surface area (Å²) in [6, 6.07) is 0. The number of hydrogen-bond donors (Lipinski definition) is 0. The van der Waals surface area contributed by atoms with Crippen LogP contribution in [0.15, 0.2) is 12.7 Å². The summed E-state index contributed by atoms with van der Waals surface area (Å²) in [5.74, 6) is -2.17. The van der Waals surface area contributed by atoms with Crippen molar-refractivity contribution in [2.45, 2.75) is 5.97 Å². The Morgan fingerprint density at radius 3 is 1.50 bits per heavy atom. The lowest BCUT2D eigenvalue weighted by Gasteiger charge is -2.25. The Bertz CT molecular complexity index is 114. The predicted octanol–water partition coefficient (Wildman–Crippen LogP) is 1.66. The molecule has 0 aliphatic rings. The molecule has 12 heavy (non-hydrogen) atoms. The molecule has 0 saturated heterocycles. The zero-order chi connectivity index (χ0) is 9.45. The fourth-order valence-electron chi connectivity index (χ4n) is 0.530. The van der Waals surface area contributed by atoms with Gasteiger partial charge < -0.3 is 0 Å². The standard InChI is InChI=1S/C6H9F3O3/c1-2-6(10-3-7,11-4-8)12-5-9/h2H,1,3-5H2. The van der Waals surface area contributed by atoms with Crippen LogP contribution in [0.5, 0.6) is 0 Å². The van der Waals surface area contributed by atoms with Gasteiger partial charge in [0.1, 0.15) is 0 Å². The fraction of sp³-hybridized carbons (Fsp3) is 0.667. The van der Waals surface area contributed by atoms with E-state index in [-0.39, 0.29) is 0 Å². The molecule has 0 aromatic heterocycles. The van der Waals surface area contributed by atoms with Crippen LogP contribution < -0.4 is 0 Å². The van der Waals surface area contributed by atoms with Gasteiger partial charge >= 0.3 is 5.97 Å². The number of rotatable bonds is 7. The van der Waals surface area contributed by atoms with Crippen LogP contribution in [-0.2, 0) is 14.2 Å². The van der Waals surface area contributed by atoms with E-state index in [0.717, 1.165) is 6.08 Å². The third kappa shape index (κ3) is 3.21. The van der Waals surface area contributed by atoms with E-state index in [4.69, 9.17) is 0 Å². The van der Waals surface area contributed by atoms with E-state index in [2.05, 4.69) is 20.8 Å². The van der Waals surface area contributed by atoms with Gasteiger partial charge in [-0.05, 0) is 6.08 Å². The van der Waals surface area contributed by atoms with Crippen molar-refractivity contribution in [3.05, 3.63) is 12.7 Å². The van der Waals surface area contributed by atoms with E-state index < -0.39 is 26.6 Å². The minimum Gasteiger partial charge on any atom is -0.292 e. The second kappa shape index (κ2) is 5.99. The second-order valence-electron chi connectivity index (χ2n) is 1.57. The molecule has 0 aromatic rings. The zero-order valence-electron chi connectivity index (χ0n) is 6.26. The van der Waals surface area contributed by atoms with E-state index in [1.54, 1.807) is 0 Å². The Labute approximate surface area is 67.7 Å². The highest BCUT2D eigenvalue weighted by atomic mass is 19.1. The molecule has 0 amide bonds.